The lowest BCUT2D eigenvalue weighted by Crippen LogP contribution is -2.30. The van der Waals surface area contributed by atoms with Gasteiger partial charge in [-0.25, -0.2) is 0 Å². The standard InChI is InChI=1S/C26H22BrClN2O4S/c1-2-15-3-6-18(7-4-15)29-26-30-25(31)23(35-26)12-17-9-19(27)24(20(28)10-17)32-13-16-5-8-21-22(11-16)34-14-33-21/h3-12,26,29H,2,13-14H2,1H3,(H,30,31)/b23-12-/t26-/m0/s1. The molecule has 6 nitrogen and oxygen atoms in total. The maximum absolute atomic E-state index is 12.5. The minimum absolute atomic E-state index is 0.131. The molecule has 0 aromatic heterocycles. The van der Waals surface area contributed by atoms with E-state index in [1.807, 2.05) is 42.5 Å². The molecule has 180 valence electrons. The first kappa shape index (κ1) is 23.9. The second kappa shape index (κ2) is 10.4. The second-order valence-corrected chi connectivity index (χ2v) is 10.4. The summed E-state index contributed by atoms with van der Waals surface area (Å²) in [5.74, 6) is 1.83. The largest absolute Gasteiger partial charge is 0.486 e. The Morgan fingerprint density at radius 1 is 1.14 bits per heavy atom. The molecule has 0 radical (unpaired) electrons. The molecule has 5 rings (SSSR count). The molecule has 0 spiro atoms. The van der Waals surface area contributed by atoms with Gasteiger partial charge in [0.05, 0.1) is 14.4 Å². The smallest absolute Gasteiger partial charge is 0.260 e. The maximum Gasteiger partial charge on any atom is 0.260 e. The summed E-state index contributed by atoms with van der Waals surface area (Å²) in [5, 5.41) is 6.74. The van der Waals surface area contributed by atoms with E-state index in [4.69, 9.17) is 25.8 Å². The monoisotopic (exact) mass is 572 g/mol. The van der Waals surface area contributed by atoms with Crippen molar-refractivity contribution < 1.29 is 19.0 Å². The number of anilines is 1. The highest BCUT2D eigenvalue weighted by molar-refractivity contribution is 9.10. The molecule has 0 bridgehead atoms. The van der Waals surface area contributed by atoms with Gasteiger partial charge in [0.25, 0.3) is 5.91 Å². The highest BCUT2D eigenvalue weighted by atomic mass is 79.9. The molecule has 2 aliphatic rings. The molecule has 0 aliphatic carbocycles. The SMILES string of the molecule is CCc1ccc(N[C@H]2NC(=O)/C(=C/c3cc(Cl)c(OCc4ccc5c(c4)OCO5)c(Br)c3)S2)cc1. The molecule has 2 heterocycles. The fourth-order valence-electron chi connectivity index (χ4n) is 3.69. The zero-order valence-corrected chi connectivity index (χ0v) is 21.9. The van der Waals surface area contributed by atoms with Crippen molar-refractivity contribution in [3.05, 3.63) is 85.7 Å². The quantitative estimate of drug-likeness (QED) is 0.312. The van der Waals surface area contributed by atoms with Crippen molar-refractivity contribution in [2.75, 3.05) is 12.1 Å². The van der Waals surface area contributed by atoms with Gasteiger partial charge in [-0.15, -0.1) is 0 Å². The van der Waals surface area contributed by atoms with Gasteiger partial charge in [0, 0.05) is 5.69 Å². The molecule has 9 heteroatoms. The molecule has 0 saturated carbocycles. The Balaban J connectivity index is 1.25. The van der Waals surface area contributed by atoms with E-state index in [-0.39, 0.29) is 18.2 Å². The number of benzene rings is 3. The van der Waals surface area contributed by atoms with Gasteiger partial charge in [-0.2, -0.15) is 0 Å². The predicted molar refractivity (Wildman–Crippen MR) is 143 cm³/mol. The summed E-state index contributed by atoms with van der Waals surface area (Å²) in [6.45, 7) is 2.67. The van der Waals surface area contributed by atoms with Crippen molar-refractivity contribution in [3.8, 4) is 17.2 Å². The van der Waals surface area contributed by atoms with Gasteiger partial charge in [0.1, 0.15) is 6.61 Å². The number of fused-ring (bicyclic) bond motifs is 1. The third kappa shape index (κ3) is 5.55. The van der Waals surface area contributed by atoms with Gasteiger partial charge in [0.15, 0.2) is 22.7 Å². The number of hydrogen-bond donors (Lipinski definition) is 2. The van der Waals surface area contributed by atoms with Crippen LogP contribution in [0, 0.1) is 0 Å². The fraction of sp³-hybridized carbons (Fsp3) is 0.192. The van der Waals surface area contributed by atoms with E-state index in [2.05, 4.69) is 45.6 Å². The van der Waals surface area contributed by atoms with Gasteiger partial charge in [-0.05, 0) is 81.5 Å². The highest BCUT2D eigenvalue weighted by Crippen LogP contribution is 2.38. The van der Waals surface area contributed by atoms with E-state index >= 15 is 0 Å². The van der Waals surface area contributed by atoms with Crippen LogP contribution in [0.2, 0.25) is 5.02 Å². The average molecular weight is 574 g/mol. The Hall–Kier alpha value is -2.81. The number of thioether (sulfide) groups is 1. The van der Waals surface area contributed by atoms with E-state index in [9.17, 15) is 4.79 Å². The highest BCUT2D eigenvalue weighted by Gasteiger charge is 2.27. The third-order valence-corrected chi connectivity index (χ3v) is 7.43. The van der Waals surface area contributed by atoms with E-state index in [0.29, 0.717) is 32.5 Å². The lowest BCUT2D eigenvalue weighted by atomic mass is 10.1. The van der Waals surface area contributed by atoms with Gasteiger partial charge < -0.3 is 24.8 Å². The summed E-state index contributed by atoms with van der Waals surface area (Å²) < 4.78 is 17.4. The Bertz CT molecular complexity index is 1280. The van der Waals surface area contributed by atoms with Crippen LogP contribution in [0.5, 0.6) is 17.2 Å². The number of rotatable bonds is 7. The molecule has 1 fully saturated rings. The first-order chi connectivity index (χ1) is 17.0. The molecular formula is C26H22BrClN2O4S. The molecule has 1 saturated heterocycles. The van der Waals surface area contributed by atoms with Crippen LogP contribution < -0.4 is 24.8 Å². The van der Waals surface area contributed by atoms with Crippen molar-refractivity contribution in [1.29, 1.82) is 0 Å². The van der Waals surface area contributed by atoms with Crippen molar-refractivity contribution in [1.82, 2.24) is 5.32 Å². The summed E-state index contributed by atoms with van der Waals surface area (Å²) in [6.07, 6.45) is 2.81. The lowest BCUT2D eigenvalue weighted by Gasteiger charge is -2.13. The van der Waals surface area contributed by atoms with Crippen LogP contribution in [-0.4, -0.2) is 18.2 Å². The van der Waals surface area contributed by atoms with E-state index in [0.717, 1.165) is 29.0 Å². The number of halogens is 2. The van der Waals surface area contributed by atoms with Crippen LogP contribution in [0.15, 0.2) is 64.0 Å². The summed E-state index contributed by atoms with van der Waals surface area (Å²) in [6, 6.07) is 17.5. The Morgan fingerprint density at radius 3 is 2.69 bits per heavy atom. The summed E-state index contributed by atoms with van der Waals surface area (Å²) in [4.78, 5) is 13.1. The van der Waals surface area contributed by atoms with Crippen molar-refractivity contribution in [2.45, 2.75) is 25.4 Å². The Kier molecular flexibility index (Phi) is 7.13. The first-order valence-electron chi connectivity index (χ1n) is 11.0. The number of ether oxygens (including phenoxy) is 3. The fourth-order valence-corrected chi connectivity index (χ4v) is 5.67. The minimum Gasteiger partial charge on any atom is -0.486 e. The topological polar surface area (TPSA) is 68.8 Å². The number of carbonyl (C=O) groups is 1. The van der Waals surface area contributed by atoms with Crippen LogP contribution in [0.3, 0.4) is 0 Å². The number of amides is 1. The van der Waals surface area contributed by atoms with E-state index < -0.39 is 0 Å². The number of aryl methyl sites for hydroxylation is 1. The Labute approximate surface area is 221 Å². The molecule has 1 amide bonds. The molecule has 2 aliphatic heterocycles. The number of hydrogen-bond acceptors (Lipinski definition) is 6. The van der Waals surface area contributed by atoms with Gasteiger partial charge in [-0.1, -0.05) is 48.5 Å². The molecule has 3 aromatic rings. The summed E-state index contributed by atoms with van der Waals surface area (Å²) >= 11 is 11.5. The zero-order valence-electron chi connectivity index (χ0n) is 18.8. The lowest BCUT2D eigenvalue weighted by molar-refractivity contribution is -0.116. The zero-order chi connectivity index (χ0) is 24.4. The second-order valence-electron chi connectivity index (χ2n) is 7.96. The van der Waals surface area contributed by atoms with E-state index in [1.165, 1.54) is 17.3 Å². The van der Waals surface area contributed by atoms with E-state index in [1.54, 1.807) is 6.07 Å². The van der Waals surface area contributed by atoms with Gasteiger partial charge in [-0.3, -0.25) is 4.79 Å². The van der Waals surface area contributed by atoms with Crippen molar-refractivity contribution >= 4 is 57.0 Å². The minimum atomic E-state index is -0.246. The summed E-state index contributed by atoms with van der Waals surface area (Å²) in [5.41, 5.74) is 3.71. The van der Waals surface area contributed by atoms with Gasteiger partial charge >= 0.3 is 0 Å². The third-order valence-electron chi connectivity index (χ3n) is 5.53. The van der Waals surface area contributed by atoms with Crippen LogP contribution in [-0.2, 0) is 17.8 Å². The van der Waals surface area contributed by atoms with Crippen LogP contribution >= 0.6 is 39.3 Å². The predicted octanol–water partition coefficient (Wildman–Crippen LogP) is 6.57. The van der Waals surface area contributed by atoms with Crippen LogP contribution in [0.25, 0.3) is 6.08 Å². The first-order valence-corrected chi connectivity index (χ1v) is 13.1. The van der Waals surface area contributed by atoms with Crippen LogP contribution in [0.4, 0.5) is 5.69 Å². The van der Waals surface area contributed by atoms with Crippen molar-refractivity contribution in [3.63, 3.8) is 0 Å². The molecule has 35 heavy (non-hydrogen) atoms. The average Bonchev–Trinajstić information content (AvgIpc) is 3.44. The molecular weight excluding hydrogens is 552 g/mol. The summed E-state index contributed by atoms with van der Waals surface area (Å²) in [7, 11) is 0. The Morgan fingerprint density at radius 2 is 1.91 bits per heavy atom. The molecule has 3 aromatic carbocycles. The molecule has 1 atom stereocenters. The van der Waals surface area contributed by atoms with Crippen molar-refractivity contribution in [2.24, 2.45) is 0 Å². The van der Waals surface area contributed by atoms with Crippen LogP contribution in [0.1, 0.15) is 23.6 Å². The number of carbonyl (C=O) groups excluding carboxylic acids is 1. The maximum atomic E-state index is 12.5. The van der Waals surface area contributed by atoms with Gasteiger partial charge in [0.2, 0.25) is 6.79 Å². The normalized spacial score (nSPS) is 17.5. The number of nitrogens with one attached hydrogen (secondary N) is 2. The molecule has 0 unspecified atom stereocenters. The molecule has 2 N–H and O–H groups in total.